The van der Waals surface area contributed by atoms with Gasteiger partial charge in [0.05, 0.1) is 25.3 Å². The maximum Gasteiger partial charge on any atom is 0.278 e. The minimum atomic E-state index is -0.168. The molecule has 0 radical (unpaired) electrons. The summed E-state index contributed by atoms with van der Waals surface area (Å²) < 4.78 is 10.9. The van der Waals surface area contributed by atoms with Gasteiger partial charge in [0.2, 0.25) is 0 Å². The topological polar surface area (TPSA) is 88.3 Å². The van der Waals surface area contributed by atoms with E-state index in [9.17, 15) is 4.79 Å². The van der Waals surface area contributed by atoms with Crippen LogP contribution in [0, 0.1) is 11.3 Å². The molecule has 0 saturated carbocycles. The van der Waals surface area contributed by atoms with Crippen molar-refractivity contribution >= 4 is 5.91 Å². The number of hydrogen-bond donors (Lipinski definition) is 0. The summed E-state index contributed by atoms with van der Waals surface area (Å²) in [7, 11) is 1.50. The van der Waals surface area contributed by atoms with E-state index in [0.717, 1.165) is 0 Å². The molecule has 7 heteroatoms. The van der Waals surface area contributed by atoms with E-state index in [4.69, 9.17) is 14.7 Å². The summed E-state index contributed by atoms with van der Waals surface area (Å²) in [5.41, 5.74) is 0.976. The summed E-state index contributed by atoms with van der Waals surface area (Å²) in [5.74, 6) is 0.541. The van der Waals surface area contributed by atoms with Crippen LogP contribution in [0.15, 0.2) is 36.7 Å². The Morgan fingerprint density at radius 2 is 2.12 bits per heavy atom. The molecule has 1 atom stereocenters. The highest BCUT2D eigenvalue weighted by molar-refractivity contribution is 5.94. The van der Waals surface area contributed by atoms with Gasteiger partial charge >= 0.3 is 0 Å². The van der Waals surface area contributed by atoms with Crippen LogP contribution < -0.4 is 9.47 Å². The van der Waals surface area contributed by atoms with Crippen LogP contribution in [0.3, 0.4) is 0 Å². The first kappa shape index (κ1) is 15.7. The number of likely N-dealkylation sites (tertiary alicyclic amines) is 1. The van der Waals surface area contributed by atoms with Crippen molar-refractivity contribution in [2.75, 3.05) is 20.2 Å². The average Bonchev–Trinajstić information content (AvgIpc) is 3.10. The van der Waals surface area contributed by atoms with Crippen molar-refractivity contribution in [3.63, 3.8) is 0 Å². The average molecular weight is 324 g/mol. The molecule has 1 aliphatic rings. The number of amides is 1. The van der Waals surface area contributed by atoms with Crippen LogP contribution >= 0.6 is 0 Å². The smallest absolute Gasteiger partial charge is 0.278 e. The van der Waals surface area contributed by atoms with Gasteiger partial charge in [0, 0.05) is 30.9 Å². The highest BCUT2D eigenvalue weighted by Gasteiger charge is 2.29. The molecule has 122 valence electrons. The number of carbonyl (C=O) groups is 1. The van der Waals surface area contributed by atoms with E-state index in [-0.39, 0.29) is 12.0 Å². The second-order valence-electron chi connectivity index (χ2n) is 5.34. The van der Waals surface area contributed by atoms with E-state index in [2.05, 4.69) is 9.97 Å². The van der Waals surface area contributed by atoms with E-state index in [1.807, 2.05) is 6.07 Å². The molecule has 1 aromatic carbocycles. The third kappa shape index (κ3) is 3.27. The van der Waals surface area contributed by atoms with Gasteiger partial charge in [-0.1, -0.05) is 6.07 Å². The van der Waals surface area contributed by atoms with Crippen molar-refractivity contribution < 1.29 is 14.3 Å². The van der Waals surface area contributed by atoms with E-state index >= 15 is 0 Å². The zero-order valence-electron chi connectivity index (χ0n) is 13.2. The molecule has 0 bridgehead atoms. The van der Waals surface area contributed by atoms with Crippen LogP contribution in [0.4, 0.5) is 0 Å². The van der Waals surface area contributed by atoms with E-state index in [1.54, 1.807) is 29.2 Å². The summed E-state index contributed by atoms with van der Waals surface area (Å²) in [6, 6.07) is 8.74. The van der Waals surface area contributed by atoms with Crippen molar-refractivity contribution in [3.8, 4) is 17.8 Å². The lowest BCUT2D eigenvalue weighted by molar-refractivity contribution is 0.0770. The Morgan fingerprint density at radius 3 is 2.88 bits per heavy atom. The van der Waals surface area contributed by atoms with Gasteiger partial charge in [0.25, 0.3) is 17.7 Å². The summed E-state index contributed by atoms with van der Waals surface area (Å²) in [4.78, 5) is 22.4. The molecule has 0 N–H and O–H groups in total. The minimum Gasteiger partial charge on any atom is -0.477 e. The molecule has 1 saturated heterocycles. The summed E-state index contributed by atoms with van der Waals surface area (Å²) in [6.07, 6.45) is 3.59. The SMILES string of the molecule is COc1nccnc1OC1CCN(C(=O)c2cccc(C#N)c2)C1. The molecule has 1 unspecified atom stereocenters. The van der Waals surface area contributed by atoms with Gasteiger partial charge in [-0.2, -0.15) is 5.26 Å². The van der Waals surface area contributed by atoms with Crippen LogP contribution in [0.2, 0.25) is 0 Å². The number of rotatable bonds is 4. The van der Waals surface area contributed by atoms with Crippen molar-refractivity contribution in [3.05, 3.63) is 47.8 Å². The molecule has 1 fully saturated rings. The number of carbonyl (C=O) groups excluding carboxylic acids is 1. The number of nitriles is 1. The summed E-state index contributed by atoms with van der Waals surface area (Å²) >= 11 is 0. The Kier molecular flexibility index (Phi) is 4.57. The first-order valence-corrected chi connectivity index (χ1v) is 7.52. The van der Waals surface area contributed by atoms with Crippen LogP contribution in [0.1, 0.15) is 22.3 Å². The largest absolute Gasteiger partial charge is 0.477 e. The van der Waals surface area contributed by atoms with Crippen LogP contribution in [0.25, 0.3) is 0 Å². The van der Waals surface area contributed by atoms with Crippen molar-refractivity contribution in [1.29, 1.82) is 5.26 Å². The Balaban J connectivity index is 1.67. The number of ether oxygens (including phenoxy) is 2. The third-order valence-corrected chi connectivity index (χ3v) is 3.78. The van der Waals surface area contributed by atoms with Crippen molar-refractivity contribution in [2.45, 2.75) is 12.5 Å². The molecule has 1 amide bonds. The Hall–Kier alpha value is -3.14. The van der Waals surface area contributed by atoms with Gasteiger partial charge in [-0.05, 0) is 18.2 Å². The zero-order valence-corrected chi connectivity index (χ0v) is 13.2. The standard InChI is InChI=1S/C17H16N4O3/c1-23-15-16(20-7-6-19-15)24-14-5-8-21(11-14)17(22)13-4-2-3-12(9-13)10-18/h2-4,6-7,9,14H,5,8,11H2,1H3. The number of hydrogen-bond acceptors (Lipinski definition) is 6. The van der Waals surface area contributed by atoms with E-state index < -0.39 is 0 Å². The van der Waals surface area contributed by atoms with Crippen molar-refractivity contribution in [2.24, 2.45) is 0 Å². The molecule has 3 rings (SSSR count). The quantitative estimate of drug-likeness (QED) is 0.849. The molecule has 1 aromatic heterocycles. The van der Waals surface area contributed by atoms with Gasteiger partial charge in [-0.25, -0.2) is 9.97 Å². The number of benzene rings is 1. The summed E-state index contributed by atoms with van der Waals surface area (Å²) in [5, 5.41) is 8.95. The summed E-state index contributed by atoms with van der Waals surface area (Å²) in [6.45, 7) is 1.04. The Bertz CT molecular complexity index is 787. The second-order valence-corrected chi connectivity index (χ2v) is 5.34. The zero-order chi connectivity index (χ0) is 16.9. The third-order valence-electron chi connectivity index (χ3n) is 3.78. The van der Waals surface area contributed by atoms with Crippen LogP contribution in [-0.4, -0.2) is 47.1 Å². The normalized spacial score (nSPS) is 16.5. The molecule has 0 spiro atoms. The van der Waals surface area contributed by atoms with Gasteiger partial charge < -0.3 is 14.4 Å². The maximum absolute atomic E-state index is 12.5. The first-order chi connectivity index (χ1) is 11.7. The Labute approximate surface area is 139 Å². The first-order valence-electron chi connectivity index (χ1n) is 7.52. The number of aromatic nitrogens is 2. The van der Waals surface area contributed by atoms with E-state index in [0.29, 0.717) is 42.4 Å². The lowest BCUT2D eigenvalue weighted by Crippen LogP contribution is -2.31. The van der Waals surface area contributed by atoms with Crippen molar-refractivity contribution in [1.82, 2.24) is 14.9 Å². The van der Waals surface area contributed by atoms with E-state index in [1.165, 1.54) is 19.5 Å². The maximum atomic E-state index is 12.5. The van der Waals surface area contributed by atoms with Gasteiger partial charge in [-0.3, -0.25) is 4.79 Å². The monoisotopic (exact) mass is 324 g/mol. The lowest BCUT2D eigenvalue weighted by atomic mass is 10.1. The minimum absolute atomic E-state index is 0.107. The molecular formula is C17H16N4O3. The van der Waals surface area contributed by atoms with Gasteiger partial charge in [0.1, 0.15) is 6.10 Å². The lowest BCUT2D eigenvalue weighted by Gasteiger charge is -2.17. The molecule has 1 aliphatic heterocycles. The predicted molar refractivity (Wildman–Crippen MR) is 84.7 cm³/mol. The number of methoxy groups -OCH3 is 1. The second kappa shape index (κ2) is 6.96. The van der Waals surface area contributed by atoms with Gasteiger partial charge in [0.15, 0.2) is 0 Å². The van der Waals surface area contributed by atoms with Gasteiger partial charge in [-0.15, -0.1) is 0 Å². The highest BCUT2D eigenvalue weighted by Crippen LogP contribution is 2.24. The molecular weight excluding hydrogens is 308 g/mol. The fourth-order valence-electron chi connectivity index (χ4n) is 2.60. The molecule has 2 aromatic rings. The van der Waals surface area contributed by atoms with Crippen LogP contribution in [-0.2, 0) is 0 Å². The molecule has 2 heterocycles. The molecule has 24 heavy (non-hydrogen) atoms. The number of nitrogens with zero attached hydrogens (tertiary/aromatic N) is 4. The predicted octanol–water partition coefficient (Wildman–Crippen LogP) is 1.65. The van der Waals surface area contributed by atoms with Crippen LogP contribution in [0.5, 0.6) is 11.8 Å². The molecule has 7 nitrogen and oxygen atoms in total. The molecule has 0 aliphatic carbocycles. The highest BCUT2D eigenvalue weighted by atomic mass is 16.5. The fraction of sp³-hybridized carbons (Fsp3) is 0.294. The Morgan fingerprint density at radius 1 is 1.33 bits per heavy atom. The fourth-order valence-corrected chi connectivity index (χ4v) is 2.60.